The number of hydrogen-bond donors (Lipinski definition) is 0. The molecule has 0 radical (unpaired) electrons. The van der Waals surface area contributed by atoms with Gasteiger partial charge in [0.05, 0.1) is 14.2 Å². The highest BCUT2D eigenvalue weighted by molar-refractivity contribution is 7.08. The lowest BCUT2D eigenvalue weighted by atomic mass is 9.98. The normalized spacial score (nSPS) is 10.3. The predicted octanol–water partition coefficient (Wildman–Crippen LogP) is 3.61. The lowest BCUT2D eigenvalue weighted by molar-refractivity contribution is 0.103. The number of carbonyl (C=O) groups excluding carboxylic acids is 1. The third kappa shape index (κ3) is 2.49. The Morgan fingerprint density at radius 1 is 0.947 bits per heavy atom. The molecule has 0 N–H and O–H groups in total. The second kappa shape index (κ2) is 5.45. The van der Waals surface area contributed by atoms with Crippen molar-refractivity contribution in [1.29, 1.82) is 0 Å². The lowest BCUT2D eigenvalue weighted by Gasteiger charge is -2.12. The number of rotatable bonds is 4. The standard InChI is InChI=1S/C15H16O3S/c1-9-5-13(17-3)14(18-4)6-11(9)15(16)12-8-19-7-10(12)2/h5-8H,1-4H3. The van der Waals surface area contributed by atoms with E-state index in [1.807, 2.05) is 30.7 Å². The van der Waals surface area contributed by atoms with Crippen LogP contribution in [0.1, 0.15) is 27.0 Å². The van der Waals surface area contributed by atoms with Crippen molar-refractivity contribution in [3.05, 3.63) is 45.1 Å². The first-order valence-electron chi connectivity index (χ1n) is 5.88. The zero-order valence-electron chi connectivity index (χ0n) is 11.4. The van der Waals surface area contributed by atoms with Crippen molar-refractivity contribution in [3.8, 4) is 11.5 Å². The Hall–Kier alpha value is -1.81. The SMILES string of the molecule is COc1cc(C)c(C(=O)c2cscc2C)cc1OC. The van der Waals surface area contributed by atoms with Crippen molar-refractivity contribution in [2.75, 3.05) is 14.2 Å². The van der Waals surface area contributed by atoms with Gasteiger partial charge in [-0.2, -0.15) is 11.3 Å². The molecule has 3 nitrogen and oxygen atoms in total. The number of thiophene rings is 1. The molecule has 1 heterocycles. The van der Waals surface area contributed by atoms with E-state index >= 15 is 0 Å². The maximum absolute atomic E-state index is 12.5. The number of carbonyl (C=O) groups is 1. The second-order valence-corrected chi connectivity index (χ2v) is 5.06. The van der Waals surface area contributed by atoms with Gasteiger partial charge in [0.25, 0.3) is 0 Å². The number of aryl methyl sites for hydroxylation is 2. The van der Waals surface area contributed by atoms with E-state index in [0.717, 1.165) is 16.7 Å². The van der Waals surface area contributed by atoms with Crippen LogP contribution in [0.15, 0.2) is 22.9 Å². The molecule has 0 bridgehead atoms. The average Bonchev–Trinajstić information content (AvgIpc) is 2.83. The van der Waals surface area contributed by atoms with Crippen LogP contribution in [0.2, 0.25) is 0 Å². The lowest BCUT2D eigenvalue weighted by Crippen LogP contribution is -2.05. The smallest absolute Gasteiger partial charge is 0.194 e. The molecule has 0 atom stereocenters. The predicted molar refractivity (Wildman–Crippen MR) is 76.8 cm³/mol. The molecule has 2 aromatic rings. The van der Waals surface area contributed by atoms with E-state index in [0.29, 0.717) is 17.1 Å². The van der Waals surface area contributed by atoms with E-state index in [2.05, 4.69) is 0 Å². The second-order valence-electron chi connectivity index (χ2n) is 4.32. The maximum Gasteiger partial charge on any atom is 0.194 e. The molecule has 0 aliphatic heterocycles. The van der Waals surface area contributed by atoms with Crippen molar-refractivity contribution in [1.82, 2.24) is 0 Å². The highest BCUT2D eigenvalue weighted by atomic mass is 32.1. The molecular formula is C15H16O3S. The molecule has 100 valence electrons. The first-order chi connectivity index (χ1) is 9.08. The van der Waals surface area contributed by atoms with Crippen LogP contribution in [0, 0.1) is 13.8 Å². The first kappa shape index (κ1) is 13.6. The highest BCUT2D eigenvalue weighted by Gasteiger charge is 2.18. The van der Waals surface area contributed by atoms with Crippen molar-refractivity contribution < 1.29 is 14.3 Å². The molecule has 0 aliphatic carbocycles. The fraction of sp³-hybridized carbons (Fsp3) is 0.267. The van der Waals surface area contributed by atoms with Gasteiger partial charge in [-0.25, -0.2) is 0 Å². The summed E-state index contributed by atoms with van der Waals surface area (Å²) in [6, 6.07) is 3.57. The fourth-order valence-electron chi connectivity index (χ4n) is 1.96. The molecule has 0 saturated carbocycles. The molecule has 0 unspecified atom stereocenters. The van der Waals surface area contributed by atoms with Crippen LogP contribution in [-0.4, -0.2) is 20.0 Å². The number of benzene rings is 1. The van der Waals surface area contributed by atoms with E-state index in [9.17, 15) is 4.79 Å². The van der Waals surface area contributed by atoms with Crippen LogP contribution >= 0.6 is 11.3 Å². The third-order valence-corrected chi connectivity index (χ3v) is 3.94. The molecule has 1 aromatic heterocycles. The summed E-state index contributed by atoms with van der Waals surface area (Å²) in [5, 5.41) is 3.86. The van der Waals surface area contributed by atoms with Crippen LogP contribution in [0.4, 0.5) is 0 Å². The summed E-state index contributed by atoms with van der Waals surface area (Å²) >= 11 is 1.54. The van der Waals surface area contributed by atoms with Gasteiger partial charge in [-0.1, -0.05) is 0 Å². The Balaban J connectivity index is 2.51. The zero-order valence-corrected chi connectivity index (χ0v) is 12.3. The van der Waals surface area contributed by atoms with Crippen molar-refractivity contribution in [3.63, 3.8) is 0 Å². The van der Waals surface area contributed by atoms with Crippen LogP contribution in [0.3, 0.4) is 0 Å². The van der Waals surface area contributed by atoms with E-state index in [4.69, 9.17) is 9.47 Å². The minimum atomic E-state index is 0.0252. The molecule has 19 heavy (non-hydrogen) atoms. The zero-order chi connectivity index (χ0) is 14.0. The Bertz CT molecular complexity index is 614. The van der Waals surface area contributed by atoms with Crippen LogP contribution in [0.25, 0.3) is 0 Å². The summed E-state index contributed by atoms with van der Waals surface area (Å²) in [6.07, 6.45) is 0. The number of ether oxygens (including phenoxy) is 2. The van der Waals surface area contributed by atoms with E-state index in [1.165, 1.54) is 11.3 Å². The van der Waals surface area contributed by atoms with Gasteiger partial charge < -0.3 is 9.47 Å². The van der Waals surface area contributed by atoms with Gasteiger partial charge in [0.2, 0.25) is 0 Å². The largest absolute Gasteiger partial charge is 0.493 e. The summed E-state index contributed by atoms with van der Waals surface area (Å²) < 4.78 is 10.5. The monoisotopic (exact) mass is 276 g/mol. The van der Waals surface area contributed by atoms with Gasteiger partial charge in [-0.3, -0.25) is 4.79 Å². The van der Waals surface area contributed by atoms with Gasteiger partial charge in [0, 0.05) is 16.5 Å². The molecule has 1 aromatic carbocycles. The van der Waals surface area contributed by atoms with Crippen molar-refractivity contribution in [2.45, 2.75) is 13.8 Å². The Labute approximate surface area is 116 Å². The highest BCUT2D eigenvalue weighted by Crippen LogP contribution is 2.32. The fourth-order valence-corrected chi connectivity index (χ4v) is 2.79. The quantitative estimate of drug-likeness (QED) is 0.800. The summed E-state index contributed by atoms with van der Waals surface area (Å²) in [5.41, 5.74) is 3.29. The van der Waals surface area contributed by atoms with Crippen molar-refractivity contribution >= 4 is 17.1 Å². The summed E-state index contributed by atoms with van der Waals surface area (Å²) in [6.45, 7) is 3.84. The third-order valence-electron chi connectivity index (χ3n) is 3.08. The molecule has 4 heteroatoms. The first-order valence-corrected chi connectivity index (χ1v) is 6.83. The Morgan fingerprint density at radius 3 is 2.11 bits per heavy atom. The maximum atomic E-state index is 12.5. The molecular weight excluding hydrogens is 260 g/mol. The Kier molecular flexibility index (Phi) is 3.90. The van der Waals surface area contributed by atoms with Gasteiger partial charge in [0.1, 0.15) is 0 Å². The molecule has 2 rings (SSSR count). The molecule has 0 spiro atoms. The van der Waals surface area contributed by atoms with Crippen LogP contribution < -0.4 is 9.47 Å². The molecule has 0 amide bonds. The van der Waals surface area contributed by atoms with Crippen LogP contribution in [0.5, 0.6) is 11.5 Å². The average molecular weight is 276 g/mol. The number of hydrogen-bond acceptors (Lipinski definition) is 4. The van der Waals surface area contributed by atoms with Crippen molar-refractivity contribution in [2.24, 2.45) is 0 Å². The number of ketones is 1. The van der Waals surface area contributed by atoms with Gasteiger partial charge >= 0.3 is 0 Å². The summed E-state index contributed by atoms with van der Waals surface area (Å²) in [7, 11) is 3.15. The van der Waals surface area contributed by atoms with Crippen LogP contribution in [-0.2, 0) is 0 Å². The molecule has 0 aliphatic rings. The number of methoxy groups -OCH3 is 2. The van der Waals surface area contributed by atoms with Gasteiger partial charge in [0.15, 0.2) is 17.3 Å². The van der Waals surface area contributed by atoms with E-state index in [-0.39, 0.29) is 5.78 Å². The minimum absolute atomic E-state index is 0.0252. The molecule has 0 fully saturated rings. The summed E-state index contributed by atoms with van der Waals surface area (Å²) in [4.78, 5) is 12.5. The van der Waals surface area contributed by atoms with E-state index in [1.54, 1.807) is 20.3 Å². The minimum Gasteiger partial charge on any atom is -0.493 e. The van der Waals surface area contributed by atoms with Gasteiger partial charge in [-0.05, 0) is 42.5 Å². The molecule has 0 saturated heterocycles. The topological polar surface area (TPSA) is 35.5 Å². The Morgan fingerprint density at radius 2 is 1.58 bits per heavy atom. The summed E-state index contributed by atoms with van der Waals surface area (Å²) in [5.74, 6) is 1.24. The van der Waals surface area contributed by atoms with E-state index < -0.39 is 0 Å². The van der Waals surface area contributed by atoms with Gasteiger partial charge in [-0.15, -0.1) is 0 Å².